The van der Waals surface area contributed by atoms with E-state index in [9.17, 15) is 22.0 Å². The zero-order valence-corrected chi connectivity index (χ0v) is 23.2. The third kappa shape index (κ3) is 6.65. The standard InChI is InChI=1S/C27H33F2NO5S2/c1-5-8-13-27(6-2)17-30(20-11-9-19(28)10-12-20)22-14-24(36-4)23(15-25(22)37(32,33)18-27)35-16-21(29)26(31)34-7-3/h9-12,14-16H,5-8,13,17-18H2,1-4H3/b21-16-. The maximum Gasteiger partial charge on any atom is 0.370 e. The van der Waals surface area contributed by atoms with Crippen molar-refractivity contribution in [2.75, 3.05) is 30.1 Å². The first-order valence-electron chi connectivity index (χ1n) is 12.3. The molecule has 202 valence electrons. The van der Waals surface area contributed by atoms with Gasteiger partial charge in [0.1, 0.15) is 17.8 Å². The molecule has 2 aromatic carbocycles. The molecule has 0 N–H and O–H groups in total. The van der Waals surface area contributed by atoms with Crippen LogP contribution in [-0.4, -0.2) is 39.5 Å². The summed E-state index contributed by atoms with van der Waals surface area (Å²) in [5, 5.41) is 0. The van der Waals surface area contributed by atoms with Gasteiger partial charge in [-0.05, 0) is 56.4 Å². The maximum atomic E-state index is 14.1. The van der Waals surface area contributed by atoms with Crippen LogP contribution in [0.3, 0.4) is 0 Å². The second kappa shape index (κ2) is 12.3. The number of esters is 1. The van der Waals surface area contributed by atoms with Crippen molar-refractivity contribution < 1.29 is 31.5 Å². The number of nitrogens with zero attached hydrogens (tertiary/aromatic N) is 1. The maximum absolute atomic E-state index is 14.1. The summed E-state index contributed by atoms with van der Waals surface area (Å²) in [6.07, 6.45) is 5.57. The van der Waals surface area contributed by atoms with Crippen molar-refractivity contribution in [1.82, 2.24) is 0 Å². The van der Waals surface area contributed by atoms with E-state index in [1.165, 1.54) is 30.0 Å². The van der Waals surface area contributed by atoms with Gasteiger partial charge in [0.2, 0.25) is 5.83 Å². The van der Waals surface area contributed by atoms with E-state index in [0.717, 1.165) is 19.3 Å². The quantitative estimate of drug-likeness (QED) is 0.138. The number of hydrogen-bond donors (Lipinski definition) is 0. The van der Waals surface area contributed by atoms with Crippen molar-refractivity contribution in [3.05, 3.63) is 54.3 Å². The molecule has 0 aromatic heterocycles. The minimum atomic E-state index is -3.80. The molecule has 37 heavy (non-hydrogen) atoms. The van der Waals surface area contributed by atoms with Crippen molar-refractivity contribution in [1.29, 1.82) is 0 Å². The van der Waals surface area contributed by atoms with E-state index < -0.39 is 27.0 Å². The summed E-state index contributed by atoms with van der Waals surface area (Å²) in [4.78, 5) is 14.2. The lowest BCUT2D eigenvalue weighted by molar-refractivity contribution is -0.140. The molecule has 1 atom stereocenters. The number of carbonyl (C=O) groups excluding carboxylic acids is 1. The summed E-state index contributed by atoms with van der Waals surface area (Å²) >= 11 is 1.29. The van der Waals surface area contributed by atoms with Crippen molar-refractivity contribution in [3.63, 3.8) is 0 Å². The predicted octanol–water partition coefficient (Wildman–Crippen LogP) is 6.81. The van der Waals surface area contributed by atoms with Gasteiger partial charge in [-0.1, -0.05) is 26.7 Å². The number of fused-ring (bicyclic) bond motifs is 1. The summed E-state index contributed by atoms with van der Waals surface area (Å²) in [6.45, 7) is 6.06. The molecule has 1 heterocycles. The van der Waals surface area contributed by atoms with Crippen LogP contribution in [0.5, 0.6) is 5.75 Å². The number of thioether (sulfide) groups is 1. The lowest BCUT2D eigenvalue weighted by Crippen LogP contribution is -2.37. The molecule has 0 bridgehead atoms. The Morgan fingerprint density at radius 1 is 1.19 bits per heavy atom. The van der Waals surface area contributed by atoms with Crippen LogP contribution in [-0.2, 0) is 19.4 Å². The monoisotopic (exact) mass is 553 g/mol. The van der Waals surface area contributed by atoms with Gasteiger partial charge in [-0.2, -0.15) is 4.39 Å². The summed E-state index contributed by atoms with van der Waals surface area (Å²) in [5.41, 5.74) is 0.589. The number of anilines is 2. The fourth-order valence-electron chi connectivity index (χ4n) is 4.50. The minimum Gasteiger partial charge on any atom is -0.461 e. The van der Waals surface area contributed by atoms with Gasteiger partial charge in [-0.25, -0.2) is 17.6 Å². The molecule has 0 fully saturated rings. The molecule has 1 aliphatic heterocycles. The normalized spacial score (nSPS) is 19.2. The molecule has 0 aliphatic carbocycles. The Morgan fingerprint density at radius 3 is 2.49 bits per heavy atom. The van der Waals surface area contributed by atoms with Crippen LogP contribution in [0, 0.1) is 11.2 Å². The molecule has 0 saturated heterocycles. The Labute approximate surface area is 221 Å². The second-order valence-electron chi connectivity index (χ2n) is 9.05. The van der Waals surface area contributed by atoms with Crippen LogP contribution in [0.15, 0.2) is 58.3 Å². The van der Waals surface area contributed by atoms with Gasteiger partial charge < -0.3 is 14.4 Å². The first-order valence-corrected chi connectivity index (χ1v) is 15.1. The molecule has 0 spiro atoms. The number of halogens is 2. The summed E-state index contributed by atoms with van der Waals surface area (Å²) in [6, 6.07) is 9.05. The Kier molecular flexibility index (Phi) is 9.63. The number of unbranched alkanes of at least 4 members (excludes halogenated alkanes) is 1. The highest BCUT2D eigenvalue weighted by atomic mass is 32.2. The second-order valence-corrected chi connectivity index (χ2v) is 11.9. The van der Waals surface area contributed by atoms with Crippen molar-refractivity contribution in [3.8, 4) is 5.75 Å². The Balaban J connectivity index is 2.19. The highest BCUT2D eigenvalue weighted by Crippen LogP contribution is 2.47. The van der Waals surface area contributed by atoms with Crippen LogP contribution < -0.4 is 9.64 Å². The molecular weight excluding hydrogens is 520 g/mol. The number of benzene rings is 2. The fourth-order valence-corrected chi connectivity index (χ4v) is 7.21. The van der Waals surface area contributed by atoms with E-state index in [2.05, 4.69) is 11.7 Å². The third-order valence-electron chi connectivity index (χ3n) is 6.57. The first-order chi connectivity index (χ1) is 17.6. The van der Waals surface area contributed by atoms with Crippen LogP contribution in [0.4, 0.5) is 20.2 Å². The Bertz CT molecular complexity index is 1250. The molecular formula is C27H33F2NO5S2. The van der Waals surface area contributed by atoms with Gasteiger partial charge >= 0.3 is 5.97 Å². The van der Waals surface area contributed by atoms with Gasteiger partial charge in [0.15, 0.2) is 9.84 Å². The summed E-state index contributed by atoms with van der Waals surface area (Å²) in [7, 11) is -3.80. The smallest absolute Gasteiger partial charge is 0.370 e. The van der Waals surface area contributed by atoms with Gasteiger partial charge in [0.25, 0.3) is 0 Å². The van der Waals surface area contributed by atoms with E-state index in [1.807, 2.05) is 11.8 Å². The zero-order chi connectivity index (χ0) is 27.2. The average Bonchev–Trinajstić information content (AvgIpc) is 2.98. The number of carbonyl (C=O) groups is 1. The largest absolute Gasteiger partial charge is 0.461 e. The van der Waals surface area contributed by atoms with Gasteiger partial charge in [0.05, 0.1) is 27.8 Å². The Hall–Kier alpha value is -2.59. The number of sulfone groups is 1. The van der Waals surface area contributed by atoms with Crippen LogP contribution in [0.2, 0.25) is 0 Å². The molecule has 0 radical (unpaired) electrons. The summed E-state index contributed by atoms with van der Waals surface area (Å²) in [5.74, 6) is -2.74. The zero-order valence-electron chi connectivity index (χ0n) is 21.6. The van der Waals surface area contributed by atoms with E-state index in [-0.39, 0.29) is 28.8 Å². The minimum absolute atomic E-state index is 0.00364. The highest BCUT2D eigenvalue weighted by molar-refractivity contribution is 7.98. The van der Waals surface area contributed by atoms with Crippen LogP contribution >= 0.6 is 11.8 Å². The molecule has 1 unspecified atom stereocenters. The highest BCUT2D eigenvalue weighted by Gasteiger charge is 2.42. The predicted molar refractivity (Wildman–Crippen MR) is 142 cm³/mol. The third-order valence-corrected chi connectivity index (χ3v) is 9.32. The van der Waals surface area contributed by atoms with Crippen molar-refractivity contribution >= 4 is 38.9 Å². The molecule has 0 amide bonds. The molecule has 0 saturated carbocycles. The van der Waals surface area contributed by atoms with Crippen LogP contribution in [0.1, 0.15) is 46.5 Å². The molecule has 10 heteroatoms. The average molecular weight is 554 g/mol. The summed E-state index contributed by atoms with van der Waals surface area (Å²) < 4.78 is 65.7. The molecule has 2 aromatic rings. The topological polar surface area (TPSA) is 72.9 Å². The van der Waals surface area contributed by atoms with E-state index in [1.54, 1.807) is 31.4 Å². The SMILES string of the molecule is CCCCC1(CC)CN(c2ccc(F)cc2)c2cc(SC)c(O/C=C(\F)C(=O)OCC)cc2S(=O)(=O)C1. The van der Waals surface area contributed by atoms with Gasteiger partial charge in [0, 0.05) is 23.7 Å². The first kappa shape index (κ1) is 29.0. The van der Waals surface area contributed by atoms with Crippen molar-refractivity contribution in [2.24, 2.45) is 5.41 Å². The number of ether oxygens (including phenoxy) is 2. The Morgan fingerprint density at radius 2 is 1.89 bits per heavy atom. The number of rotatable bonds is 10. The van der Waals surface area contributed by atoms with E-state index >= 15 is 0 Å². The molecule has 1 aliphatic rings. The van der Waals surface area contributed by atoms with Gasteiger partial charge in [-0.3, -0.25) is 0 Å². The van der Waals surface area contributed by atoms with Crippen LogP contribution in [0.25, 0.3) is 0 Å². The van der Waals surface area contributed by atoms with E-state index in [4.69, 9.17) is 4.74 Å². The molecule has 3 rings (SSSR count). The fraction of sp³-hybridized carbons (Fsp3) is 0.444. The lowest BCUT2D eigenvalue weighted by atomic mass is 9.81. The molecule has 6 nitrogen and oxygen atoms in total. The van der Waals surface area contributed by atoms with Gasteiger partial charge in [-0.15, -0.1) is 11.8 Å². The van der Waals surface area contributed by atoms with Crippen molar-refractivity contribution in [2.45, 2.75) is 56.2 Å². The lowest BCUT2D eigenvalue weighted by Gasteiger charge is -2.36. The number of hydrogen-bond acceptors (Lipinski definition) is 7. The van der Waals surface area contributed by atoms with E-state index in [0.29, 0.717) is 35.5 Å².